The predicted octanol–water partition coefficient (Wildman–Crippen LogP) is 3.75. The van der Waals surface area contributed by atoms with Gasteiger partial charge in [-0.1, -0.05) is 24.3 Å². The maximum absolute atomic E-state index is 13.1. The average Bonchev–Trinajstić information content (AvgIpc) is 3.25. The van der Waals surface area contributed by atoms with Gasteiger partial charge in [0.1, 0.15) is 17.8 Å². The summed E-state index contributed by atoms with van der Waals surface area (Å²) in [5, 5.41) is 14.6. The minimum Gasteiger partial charge on any atom is -0.497 e. The van der Waals surface area contributed by atoms with Crippen molar-refractivity contribution in [3.8, 4) is 16.9 Å². The van der Waals surface area contributed by atoms with E-state index in [0.29, 0.717) is 11.3 Å². The summed E-state index contributed by atoms with van der Waals surface area (Å²) < 4.78 is 45.8. The molecule has 0 saturated carbocycles. The predicted molar refractivity (Wildman–Crippen MR) is 105 cm³/mol. The van der Waals surface area contributed by atoms with Crippen LogP contribution in [-0.4, -0.2) is 32.8 Å². The van der Waals surface area contributed by atoms with Gasteiger partial charge in [-0.2, -0.15) is 22.8 Å². The van der Waals surface area contributed by atoms with Crippen LogP contribution in [0.5, 0.6) is 5.75 Å². The Morgan fingerprint density at radius 2 is 1.94 bits per heavy atom. The number of aromatic nitrogens is 4. The number of alkyl halides is 3. The fourth-order valence-electron chi connectivity index (χ4n) is 3.07. The Labute approximate surface area is 174 Å². The van der Waals surface area contributed by atoms with Crippen molar-refractivity contribution in [3.63, 3.8) is 0 Å². The Morgan fingerprint density at radius 1 is 1.13 bits per heavy atom. The summed E-state index contributed by atoms with van der Waals surface area (Å²) >= 11 is 0. The number of halogens is 3. The van der Waals surface area contributed by atoms with Crippen LogP contribution < -0.4 is 10.1 Å². The minimum absolute atomic E-state index is 0.0163. The third kappa shape index (κ3) is 4.32. The van der Waals surface area contributed by atoms with Crippen molar-refractivity contribution in [1.29, 1.82) is 0 Å². The van der Waals surface area contributed by atoms with Gasteiger partial charge in [0, 0.05) is 12.1 Å². The number of rotatable bonds is 5. The normalized spacial score (nSPS) is 11.5. The molecular weight excluding hydrogens is 411 g/mol. The summed E-state index contributed by atoms with van der Waals surface area (Å²) in [6, 6.07) is 13.4. The minimum atomic E-state index is -4.50. The number of amides is 1. The van der Waals surface area contributed by atoms with Gasteiger partial charge in [-0.25, -0.2) is 0 Å². The molecule has 0 fully saturated rings. The van der Waals surface area contributed by atoms with E-state index in [9.17, 15) is 18.0 Å². The van der Waals surface area contributed by atoms with Crippen LogP contribution in [0.1, 0.15) is 21.6 Å². The first kappa shape index (κ1) is 20.3. The largest absolute Gasteiger partial charge is 0.497 e. The standard InChI is InChI=1S/C21H16F3N5O2/c1-31-16-7-2-4-13(8-16)11-25-20(30)18-10-17(19-27-26-12-29(19)28-18)14-5-3-6-15(9-14)21(22,23)24/h2-10,12H,11H2,1H3,(H,25,30). The number of benzene rings is 2. The highest BCUT2D eigenvalue weighted by atomic mass is 19.4. The van der Waals surface area contributed by atoms with Crippen molar-refractivity contribution in [3.05, 3.63) is 77.7 Å². The molecule has 1 amide bonds. The van der Waals surface area contributed by atoms with Crippen molar-refractivity contribution in [2.24, 2.45) is 0 Å². The Hall–Kier alpha value is -3.95. The van der Waals surface area contributed by atoms with Crippen molar-refractivity contribution in [1.82, 2.24) is 25.1 Å². The highest BCUT2D eigenvalue weighted by molar-refractivity contribution is 5.94. The number of carbonyl (C=O) groups is 1. The van der Waals surface area contributed by atoms with Gasteiger partial charge in [0.2, 0.25) is 0 Å². The van der Waals surface area contributed by atoms with Crippen LogP contribution in [0, 0.1) is 0 Å². The first-order chi connectivity index (χ1) is 14.8. The molecule has 158 valence electrons. The van der Waals surface area contributed by atoms with E-state index < -0.39 is 17.6 Å². The van der Waals surface area contributed by atoms with E-state index in [1.165, 1.54) is 29.0 Å². The average molecular weight is 427 g/mol. The quantitative estimate of drug-likeness (QED) is 0.525. The molecular formula is C21H16F3N5O2. The molecule has 0 aliphatic heterocycles. The molecule has 4 rings (SSSR count). The molecule has 0 aliphatic carbocycles. The Bertz CT molecular complexity index is 1250. The summed E-state index contributed by atoms with van der Waals surface area (Å²) in [4.78, 5) is 12.7. The number of hydrogen-bond donors (Lipinski definition) is 1. The van der Waals surface area contributed by atoms with E-state index in [-0.39, 0.29) is 23.4 Å². The number of nitrogens with zero attached hydrogens (tertiary/aromatic N) is 4. The zero-order valence-electron chi connectivity index (χ0n) is 16.2. The Balaban J connectivity index is 1.66. The summed E-state index contributed by atoms with van der Waals surface area (Å²) in [5.74, 6) is 0.161. The van der Waals surface area contributed by atoms with Crippen molar-refractivity contribution < 1.29 is 22.7 Å². The first-order valence-corrected chi connectivity index (χ1v) is 9.15. The zero-order valence-corrected chi connectivity index (χ0v) is 16.2. The second-order valence-electron chi connectivity index (χ2n) is 6.66. The number of methoxy groups -OCH3 is 1. The third-order valence-corrected chi connectivity index (χ3v) is 4.59. The molecule has 31 heavy (non-hydrogen) atoms. The highest BCUT2D eigenvalue weighted by Crippen LogP contribution is 2.33. The molecule has 0 radical (unpaired) electrons. The summed E-state index contributed by atoms with van der Waals surface area (Å²) in [5.41, 5.74) is 0.827. The molecule has 1 N–H and O–H groups in total. The van der Waals surface area contributed by atoms with Gasteiger partial charge in [0.15, 0.2) is 5.65 Å². The van der Waals surface area contributed by atoms with Gasteiger partial charge >= 0.3 is 6.18 Å². The fourth-order valence-corrected chi connectivity index (χ4v) is 3.07. The lowest BCUT2D eigenvalue weighted by Crippen LogP contribution is -2.24. The highest BCUT2D eigenvalue weighted by Gasteiger charge is 2.30. The number of fused-ring (bicyclic) bond motifs is 1. The number of nitrogens with one attached hydrogen (secondary N) is 1. The maximum Gasteiger partial charge on any atom is 0.416 e. The molecule has 4 aromatic rings. The number of hydrogen-bond acceptors (Lipinski definition) is 5. The molecule has 7 nitrogen and oxygen atoms in total. The molecule has 0 saturated heterocycles. The van der Waals surface area contributed by atoms with Crippen LogP contribution in [0.15, 0.2) is 60.9 Å². The first-order valence-electron chi connectivity index (χ1n) is 9.15. The zero-order chi connectivity index (χ0) is 22.0. The molecule has 2 aromatic heterocycles. The second kappa shape index (κ2) is 8.05. The van der Waals surface area contributed by atoms with Gasteiger partial charge in [-0.3, -0.25) is 4.79 Å². The van der Waals surface area contributed by atoms with Gasteiger partial charge in [-0.15, -0.1) is 10.2 Å². The molecule has 0 bridgehead atoms. The lowest BCUT2D eigenvalue weighted by Gasteiger charge is -2.11. The molecule has 0 atom stereocenters. The molecule has 0 aliphatic rings. The topological polar surface area (TPSA) is 81.4 Å². The summed E-state index contributed by atoms with van der Waals surface area (Å²) in [6.07, 6.45) is -3.21. The summed E-state index contributed by atoms with van der Waals surface area (Å²) in [6.45, 7) is 0.219. The second-order valence-corrected chi connectivity index (χ2v) is 6.66. The fraction of sp³-hybridized carbons (Fsp3) is 0.143. The van der Waals surface area contributed by atoms with E-state index in [0.717, 1.165) is 17.7 Å². The van der Waals surface area contributed by atoms with Crippen molar-refractivity contribution in [2.75, 3.05) is 7.11 Å². The van der Waals surface area contributed by atoms with E-state index in [1.54, 1.807) is 25.3 Å². The molecule has 2 aromatic carbocycles. The van der Waals surface area contributed by atoms with Gasteiger partial charge in [0.05, 0.1) is 12.7 Å². The van der Waals surface area contributed by atoms with Crippen LogP contribution >= 0.6 is 0 Å². The SMILES string of the molecule is COc1cccc(CNC(=O)c2cc(-c3cccc(C(F)(F)F)c3)c3nncn3n2)c1. The Morgan fingerprint density at radius 3 is 2.71 bits per heavy atom. The van der Waals surface area contributed by atoms with E-state index in [4.69, 9.17) is 4.74 Å². The number of ether oxygens (including phenoxy) is 1. The van der Waals surface area contributed by atoms with Gasteiger partial charge in [0.25, 0.3) is 5.91 Å². The van der Waals surface area contributed by atoms with Gasteiger partial charge in [-0.05, 0) is 41.5 Å². The van der Waals surface area contributed by atoms with E-state index in [2.05, 4.69) is 20.6 Å². The maximum atomic E-state index is 13.1. The van der Waals surface area contributed by atoms with Crippen LogP contribution in [-0.2, 0) is 12.7 Å². The van der Waals surface area contributed by atoms with E-state index in [1.807, 2.05) is 6.07 Å². The third-order valence-electron chi connectivity index (χ3n) is 4.59. The smallest absolute Gasteiger partial charge is 0.416 e. The van der Waals surface area contributed by atoms with E-state index >= 15 is 0 Å². The van der Waals surface area contributed by atoms with Crippen LogP contribution in [0.3, 0.4) is 0 Å². The van der Waals surface area contributed by atoms with Gasteiger partial charge < -0.3 is 10.1 Å². The van der Waals surface area contributed by atoms with Crippen molar-refractivity contribution >= 4 is 11.6 Å². The molecule has 0 unspecified atom stereocenters. The van der Waals surface area contributed by atoms with Crippen LogP contribution in [0.25, 0.3) is 16.8 Å². The molecule has 0 spiro atoms. The van der Waals surface area contributed by atoms with Crippen molar-refractivity contribution in [2.45, 2.75) is 12.7 Å². The Kier molecular flexibility index (Phi) is 5.28. The summed E-state index contributed by atoms with van der Waals surface area (Å²) in [7, 11) is 1.55. The molecule has 10 heteroatoms. The van der Waals surface area contributed by atoms with Crippen LogP contribution in [0.4, 0.5) is 13.2 Å². The number of carbonyl (C=O) groups excluding carboxylic acids is 1. The monoisotopic (exact) mass is 427 g/mol. The van der Waals surface area contributed by atoms with Crippen LogP contribution in [0.2, 0.25) is 0 Å². The lowest BCUT2D eigenvalue weighted by molar-refractivity contribution is -0.137. The molecule has 2 heterocycles. The lowest BCUT2D eigenvalue weighted by atomic mass is 10.0.